The third kappa shape index (κ3) is 5.93. The van der Waals surface area contributed by atoms with Crippen LogP contribution in [-0.4, -0.2) is 26.0 Å². The maximum Gasteiger partial charge on any atom is 0.255 e. The van der Waals surface area contributed by atoms with E-state index in [-0.39, 0.29) is 18.2 Å². The lowest BCUT2D eigenvalue weighted by molar-refractivity contribution is -0.124. The molecule has 0 fully saturated rings. The van der Waals surface area contributed by atoms with Gasteiger partial charge in [0.25, 0.3) is 11.8 Å². The molecule has 0 aliphatic heterocycles. The summed E-state index contributed by atoms with van der Waals surface area (Å²) in [5, 5.41) is 4.12. The van der Waals surface area contributed by atoms with E-state index < -0.39 is 0 Å². The molecule has 1 N–H and O–H groups in total. The number of hydrogen-bond donors (Lipinski definition) is 1. The molecule has 0 aliphatic rings. The lowest BCUT2D eigenvalue weighted by Crippen LogP contribution is -2.31. The van der Waals surface area contributed by atoms with Crippen molar-refractivity contribution in [2.45, 2.75) is 6.42 Å². The normalized spacial score (nSPS) is 10.5. The molecule has 6 heteroatoms. The molecule has 0 saturated carbocycles. The smallest absolute Gasteiger partial charge is 0.255 e. The molecular formula is C29H26N2O4. The number of methoxy groups -OCH3 is 1. The fraction of sp³-hybridized carbons (Fsp3) is 0.103. The molecule has 0 unspecified atom stereocenters. The molecule has 0 heterocycles. The minimum atomic E-state index is -0.215. The molecule has 0 aliphatic carbocycles. The van der Waals surface area contributed by atoms with E-state index in [1.807, 2.05) is 66.7 Å². The van der Waals surface area contributed by atoms with Gasteiger partial charge in [0, 0.05) is 11.3 Å². The van der Waals surface area contributed by atoms with Gasteiger partial charge in [0.2, 0.25) is 0 Å². The molecule has 0 aromatic heterocycles. The van der Waals surface area contributed by atoms with Crippen molar-refractivity contribution in [3.63, 3.8) is 0 Å². The van der Waals surface area contributed by atoms with Crippen LogP contribution in [0.25, 0.3) is 11.1 Å². The fourth-order valence-electron chi connectivity index (χ4n) is 3.67. The molecule has 4 rings (SSSR count). The highest BCUT2D eigenvalue weighted by molar-refractivity contribution is 6.04. The van der Waals surface area contributed by atoms with Gasteiger partial charge in [0.05, 0.1) is 26.3 Å². The van der Waals surface area contributed by atoms with Crippen LogP contribution in [0.2, 0.25) is 0 Å². The highest BCUT2D eigenvalue weighted by Crippen LogP contribution is 2.22. The lowest BCUT2D eigenvalue weighted by Gasteiger charge is -2.20. The number of carbonyl (C=O) groups is 2. The van der Waals surface area contributed by atoms with Crippen LogP contribution in [0.15, 0.2) is 103 Å². The van der Waals surface area contributed by atoms with Gasteiger partial charge in [0.1, 0.15) is 5.75 Å². The van der Waals surface area contributed by atoms with E-state index in [4.69, 9.17) is 9.57 Å². The number of carbonyl (C=O) groups excluding carboxylic acids is 2. The first-order valence-corrected chi connectivity index (χ1v) is 11.1. The van der Waals surface area contributed by atoms with Gasteiger partial charge < -0.3 is 10.1 Å². The van der Waals surface area contributed by atoms with E-state index in [0.29, 0.717) is 16.9 Å². The van der Waals surface area contributed by atoms with Gasteiger partial charge in [-0.15, -0.1) is 0 Å². The molecule has 2 amide bonds. The summed E-state index contributed by atoms with van der Waals surface area (Å²) in [6, 6.07) is 31.7. The van der Waals surface area contributed by atoms with Gasteiger partial charge in [0.15, 0.2) is 0 Å². The average Bonchev–Trinajstić information content (AvgIpc) is 2.91. The molecule has 4 aromatic rings. The summed E-state index contributed by atoms with van der Waals surface area (Å²) in [5.74, 6) is 0.305. The Bertz CT molecular complexity index is 1270. The predicted octanol–water partition coefficient (Wildman–Crippen LogP) is 5.75. The fourth-order valence-corrected chi connectivity index (χ4v) is 3.67. The number of nitrogens with zero attached hydrogens (tertiary/aromatic N) is 1. The van der Waals surface area contributed by atoms with Gasteiger partial charge in [-0.05, 0) is 65.2 Å². The van der Waals surface area contributed by atoms with Crippen molar-refractivity contribution in [3.8, 4) is 16.9 Å². The maximum absolute atomic E-state index is 12.8. The van der Waals surface area contributed by atoms with Gasteiger partial charge in [-0.2, -0.15) is 5.06 Å². The topological polar surface area (TPSA) is 67.9 Å². The van der Waals surface area contributed by atoms with Crippen molar-refractivity contribution in [1.82, 2.24) is 0 Å². The minimum absolute atomic E-state index is 0.176. The zero-order valence-corrected chi connectivity index (χ0v) is 19.6. The Labute approximate surface area is 204 Å². The van der Waals surface area contributed by atoms with Crippen LogP contribution in [0, 0.1) is 0 Å². The minimum Gasteiger partial charge on any atom is -0.497 e. The van der Waals surface area contributed by atoms with Gasteiger partial charge in [-0.25, -0.2) is 0 Å². The molecule has 0 spiro atoms. The number of hydrogen-bond acceptors (Lipinski definition) is 4. The summed E-state index contributed by atoms with van der Waals surface area (Å²) >= 11 is 0. The van der Waals surface area contributed by atoms with Crippen molar-refractivity contribution in [1.29, 1.82) is 0 Å². The van der Waals surface area contributed by atoms with Crippen molar-refractivity contribution >= 4 is 23.2 Å². The average molecular weight is 467 g/mol. The van der Waals surface area contributed by atoms with Gasteiger partial charge in [-0.3, -0.25) is 14.4 Å². The first kappa shape index (κ1) is 23.7. The predicted molar refractivity (Wildman–Crippen MR) is 137 cm³/mol. The summed E-state index contributed by atoms with van der Waals surface area (Å²) in [4.78, 5) is 30.8. The van der Waals surface area contributed by atoms with Crippen LogP contribution in [0.1, 0.15) is 15.9 Å². The molecule has 0 bridgehead atoms. The summed E-state index contributed by atoms with van der Waals surface area (Å²) in [6.07, 6.45) is 0.176. The van der Waals surface area contributed by atoms with Crippen LogP contribution >= 0.6 is 0 Å². The zero-order valence-electron chi connectivity index (χ0n) is 19.6. The monoisotopic (exact) mass is 466 g/mol. The Morgan fingerprint density at radius 1 is 0.743 bits per heavy atom. The Morgan fingerprint density at radius 3 is 1.97 bits per heavy atom. The zero-order chi connectivity index (χ0) is 24.6. The molecule has 176 valence electrons. The molecule has 35 heavy (non-hydrogen) atoms. The summed E-state index contributed by atoms with van der Waals surface area (Å²) in [6.45, 7) is 0. The van der Waals surface area contributed by atoms with Crippen molar-refractivity contribution in [2.24, 2.45) is 0 Å². The number of ether oxygens (including phenoxy) is 1. The number of nitrogens with one attached hydrogen (secondary N) is 1. The van der Waals surface area contributed by atoms with Crippen LogP contribution in [0.5, 0.6) is 5.75 Å². The van der Waals surface area contributed by atoms with E-state index >= 15 is 0 Å². The molecule has 0 radical (unpaired) electrons. The van der Waals surface area contributed by atoms with E-state index in [0.717, 1.165) is 22.4 Å². The molecular weight excluding hydrogens is 440 g/mol. The summed E-state index contributed by atoms with van der Waals surface area (Å²) in [7, 11) is 3.04. The van der Waals surface area contributed by atoms with E-state index in [2.05, 4.69) is 5.32 Å². The number of rotatable bonds is 8. The maximum atomic E-state index is 12.8. The highest BCUT2D eigenvalue weighted by atomic mass is 16.7. The molecule has 6 nitrogen and oxygen atoms in total. The Balaban J connectivity index is 1.39. The van der Waals surface area contributed by atoms with Crippen molar-refractivity contribution in [2.75, 3.05) is 24.6 Å². The van der Waals surface area contributed by atoms with Gasteiger partial charge >= 0.3 is 0 Å². The number of amides is 2. The van der Waals surface area contributed by atoms with Crippen LogP contribution < -0.4 is 15.1 Å². The first-order valence-electron chi connectivity index (χ1n) is 11.1. The second-order valence-corrected chi connectivity index (χ2v) is 7.84. The molecule has 0 atom stereocenters. The Morgan fingerprint density at radius 2 is 1.37 bits per heavy atom. The molecule has 0 saturated heterocycles. The van der Waals surface area contributed by atoms with E-state index in [1.54, 1.807) is 43.5 Å². The third-order valence-electron chi connectivity index (χ3n) is 5.54. The largest absolute Gasteiger partial charge is 0.497 e. The second kappa shape index (κ2) is 11.1. The lowest BCUT2D eigenvalue weighted by atomic mass is 10.0. The van der Waals surface area contributed by atoms with Gasteiger partial charge in [-0.1, -0.05) is 54.6 Å². The van der Waals surface area contributed by atoms with Crippen molar-refractivity contribution in [3.05, 3.63) is 114 Å². The van der Waals surface area contributed by atoms with E-state index in [1.165, 1.54) is 12.2 Å². The first-order chi connectivity index (χ1) is 17.1. The number of anilines is 2. The van der Waals surface area contributed by atoms with Crippen LogP contribution in [0.4, 0.5) is 11.4 Å². The quantitative estimate of drug-likeness (QED) is 0.336. The third-order valence-corrected chi connectivity index (χ3v) is 5.54. The second-order valence-electron chi connectivity index (χ2n) is 7.84. The standard InChI is InChI=1S/C29H26N2O4/c1-34-27-18-8-21(9-19-27)20-28(32)31(35-2)26-16-14-25(15-17-26)30-29(33)24-12-10-23(11-13-24)22-6-4-3-5-7-22/h3-19H,20H2,1-2H3,(H,30,33). The number of hydroxylamine groups is 1. The van der Waals surface area contributed by atoms with Crippen LogP contribution in [0.3, 0.4) is 0 Å². The van der Waals surface area contributed by atoms with Crippen LogP contribution in [-0.2, 0) is 16.1 Å². The number of benzene rings is 4. The Hall–Kier alpha value is -4.42. The highest BCUT2D eigenvalue weighted by Gasteiger charge is 2.17. The SMILES string of the molecule is COc1ccc(CC(=O)N(OC)c2ccc(NC(=O)c3ccc(-c4ccccc4)cc3)cc2)cc1. The van der Waals surface area contributed by atoms with E-state index in [9.17, 15) is 9.59 Å². The van der Waals surface area contributed by atoms with Crippen molar-refractivity contribution < 1.29 is 19.2 Å². The molecule has 4 aromatic carbocycles. The Kier molecular flexibility index (Phi) is 7.55. The summed E-state index contributed by atoms with van der Waals surface area (Å²) in [5.41, 5.74) is 4.73. The summed E-state index contributed by atoms with van der Waals surface area (Å²) < 4.78 is 5.15.